The summed E-state index contributed by atoms with van der Waals surface area (Å²) < 4.78 is 0. The van der Waals surface area contributed by atoms with Crippen molar-refractivity contribution >= 4 is 11.8 Å². The zero-order valence-electron chi connectivity index (χ0n) is 9.65. The minimum Gasteiger partial charge on any atom is -0.281 e. The van der Waals surface area contributed by atoms with Crippen LogP contribution in [0.25, 0.3) is 0 Å². The van der Waals surface area contributed by atoms with Gasteiger partial charge in [0, 0.05) is 13.2 Å². The Morgan fingerprint density at radius 2 is 2.06 bits per heavy atom. The molecular formula is C12H14N2O2. The average Bonchev–Trinajstić information content (AvgIpc) is 2.25. The summed E-state index contributed by atoms with van der Waals surface area (Å²) in [6.07, 6.45) is 1.96. The second kappa shape index (κ2) is 3.70. The average molecular weight is 218 g/mol. The lowest BCUT2D eigenvalue weighted by atomic mass is 9.98. The number of amides is 2. The lowest BCUT2D eigenvalue weighted by Crippen LogP contribution is -2.39. The summed E-state index contributed by atoms with van der Waals surface area (Å²) >= 11 is 0. The summed E-state index contributed by atoms with van der Waals surface area (Å²) in [5.41, 5.74) is 2.18. The lowest BCUT2D eigenvalue weighted by Gasteiger charge is -2.23. The molecule has 2 heterocycles. The monoisotopic (exact) mass is 218 g/mol. The van der Waals surface area contributed by atoms with Gasteiger partial charge >= 0.3 is 0 Å². The van der Waals surface area contributed by atoms with Gasteiger partial charge in [-0.05, 0) is 17.5 Å². The fourth-order valence-electron chi connectivity index (χ4n) is 1.71. The Kier molecular flexibility index (Phi) is 2.50. The topological polar surface area (TPSA) is 50.3 Å². The molecule has 0 bridgehead atoms. The van der Waals surface area contributed by atoms with E-state index in [2.05, 4.69) is 4.98 Å². The molecule has 0 aromatic carbocycles. The SMILES string of the molecule is CC(C)c1cnc2c(c1)C(=O)N(C)C(=O)C2. The molecule has 0 fully saturated rings. The van der Waals surface area contributed by atoms with Gasteiger partial charge < -0.3 is 0 Å². The van der Waals surface area contributed by atoms with E-state index in [0.29, 0.717) is 17.2 Å². The second-order valence-electron chi connectivity index (χ2n) is 4.35. The Bertz CT molecular complexity index is 466. The van der Waals surface area contributed by atoms with Crippen LogP contribution in [0.1, 0.15) is 41.4 Å². The Morgan fingerprint density at radius 3 is 2.69 bits per heavy atom. The smallest absolute Gasteiger partial charge is 0.262 e. The van der Waals surface area contributed by atoms with Gasteiger partial charge in [-0.2, -0.15) is 0 Å². The van der Waals surface area contributed by atoms with E-state index in [1.807, 2.05) is 19.9 Å². The van der Waals surface area contributed by atoms with Crippen molar-refractivity contribution < 1.29 is 9.59 Å². The zero-order chi connectivity index (χ0) is 11.9. The third kappa shape index (κ3) is 1.60. The van der Waals surface area contributed by atoms with Crippen molar-refractivity contribution in [2.45, 2.75) is 26.2 Å². The van der Waals surface area contributed by atoms with E-state index in [0.717, 1.165) is 10.5 Å². The number of carbonyl (C=O) groups is 2. The number of rotatable bonds is 1. The van der Waals surface area contributed by atoms with Crippen LogP contribution in [0, 0.1) is 0 Å². The summed E-state index contributed by atoms with van der Waals surface area (Å²) in [6, 6.07) is 1.85. The third-order valence-corrected chi connectivity index (χ3v) is 2.89. The van der Waals surface area contributed by atoms with E-state index in [1.165, 1.54) is 7.05 Å². The fourth-order valence-corrected chi connectivity index (χ4v) is 1.71. The first-order valence-corrected chi connectivity index (χ1v) is 5.30. The summed E-state index contributed by atoms with van der Waals surface area (Å²) in [5, 5.41) is 0. The molecule has 0 N–H and O–H groups in total. The number of aromatic nitrogens is 1. The number of carbonyl (C=O) groups excluding carboxylic acids is 2. The lowest BCUT2D eigenvalue weighted by molar-refractivity contribution is -0.127. The molecule has 1 aliphatic rings. The van der Waals surface area contributed by atoms with Crippen LogP contribution in [-0.4, -0.2) is 28.7 Å². The maximum atomic E-state index is 11.9. The molecule has 2 rings (SSSR count). The van der Waals surface area contributed by atoms with E-state index >= 15 is 0 Å². The standard InChI is InChI=1S/C12H14N2O2/c1-7(2)8-4-9-10(13-6-8)5-11(15)14(3)12(9)16/h4,6-7H,5H2,1-3H3. The number of imide groups is 1. The van der Waals surface area contributed by atoms with E-state index in [1.54, 1.807) is 6.20 Å². The van der Waals surface area contributed by atoms with Crippen LogP contribution < -0.4 is 0 Å². The van der Waals surface area contributed by atoms with Crippen LogP contribution in [0.3, 0.4) is 0 Å². The molecule has 16 heavy (non-hydrogen) atoms. The molecule has 0 spiro atoms. The predicted molar refractivity (Wildman–Crippen MR) is 59.1 cm³/mol. The minimum absolute atomic E-state index is 0.192. The molecule has 1 aromatic rings. The Hall–Kier alpha value is -1.71. The molecule has 0 aliphatic carbocycles. The maximum Gasteiger partial charge on any atom is 0.262 e. The Morgan fingerprint density at radius 1 is 1.38 bits per heavy atom. The highest BCUT2D eigenvalue weighted by Crippen LogP contribution is 2.21. The number of fused-ring (bicyclic) bond motifs is 1. The minimum atomic E-state index is -0.249. The van der Waals surface area contributed by atoms with Gasteiger partial charge in [0.2, 0.25) is 5.91 Å². The van der Waals surface area contributed by atoms with Crippen LogP contribution >= 0.6 is 0 Å². The summed E-state index contributed by atoms with van der Waals surface area (Å²) in [6.45, 7) is 4.09. The number of nitrogens with zero attached hydrogens (tertiary/aromatic N) is 2. The van der Waals surface area contributed by atoms with E-state index < -0.39 is 0 Å². The molecule has 1 aliphatic heterocycles. The van der Waals surface area contributed by atoms with Gasteiger partial charge in [-0.3, -0.25) is 19.5 Å². The van der Waals surface area contributed by atoms with Crippen LogP contribution in [0.15, 0.2) is 12.3 Å². The molecule has 0 saturated carbocycles. The first-order chi connectivity index (χ1) is 7.50. The van der Waals surface area contributed by atoms with Gasteiger partial charge in [0.15, 0.2) is 0 Å². The molecule has 2 amide bonds. The van der Waals surface area contributed by atoms with E-state index in [-0.39, 0.29) is 18.2 Å². The number of hydrogen-bond acceptors (Lipinski definition) is 3. The maximum absolute atomic E-state index is 11.9. The highest BCUT2D eigenvalue weighted by Gasteiger charge is 2.29. The van der Waals surface area contributed by atoms with Crippen LogP contribution in [0.5, 0.6) is 0 Å². The third-order valence-electron chi connectivity index (χ3n) is 2.89. The van der Waals surface area contributed by atoms with Gasteiger partial charge in [-0.1, -0.05) is 13.8 Å². The van der Waals surface area contributed by atoms with Gasteiger partial charge in [0.1, 0.15) is 0 Å². The number of hydrogen-bond donors (Lipinski definition) is 0. The molecule has 0 unspecified atom stereocenters. The van der Waals surface area contributed by atoms with Crippen molar-refractivity contribution in [1.82, 2.24) is 9.88 Å². The van der Waals surface area contributed by atoms with Crippen molar-refractivity contribution in [1.29, 1.82) is 0 Å². The fraction of sp³-hybridized carbons (Fsp3) is 0.417. The van der Waals surface area contributed by atoms with Gasteiger partial charge in [-0.15, -0.1) is 0 Å². The van der Waals surface area contributed by atoms with Gasteiger partial charge in [-0.25, -0.2) is 0 Å². The summed E-state index contributed by atoms with van der Waals surface area (Å²) in [7, 11) is 1.51. The quantitative estimate of drug-likeness (QED) is 0.669. The normalized spacial score (nSPS) is 15.6. The molecule has 4 heteroatoms. The molecule has 1 aromatic heterocycles. The summed E-state index contributed by atoms with van der Waals surface area (Å²) in [5.74, 6) is -0.114. The van der Waals surface area contributed by atoms with Crippen LogP contribution in [0.2, 0.25) is 0 Å². The first kappa shape index (κ1) is 10.8. The molecule has 0 saturated heterocycles. The van der Waals surface area contributed by atoms with E-state index in [4.69, 9.17) is 0 Å². The molecule has 0 radical (unpaired) electrons. The van der Waals surface area contributed by atoms with Crippen molar-refractivity contribution in [3.05, 3.63) is 29.1 Å². The van der Waals surface area contributed by atoms with Crippen molar-refractivity contribution in [2.24, 2.45) is 0 Å². The van der Waals surface area contributed by atoms with Gasteiger partial charge in [0.05, 0.1) is 17.7 Å². The highest BCUT2D eigenvalue weighted by atomic mass is 16.2. The highest BCUT2D eigenvalue weighted by molar-refractivity contribution is 6.09. The molecule has 0 atom stereocenters. The van der Waals surface area contributed by atoms with E-state index in [9.17, 15) is 9.59 Å². The number of likely N-dealkylation sites (N-methyl/N-ethyl adjacent to an activating group) is 1. The van der Waals surface area contributed by atoms with Crippen molar-refractivity contribution in [3.8, 4) is 0 Å². The van der Waals surface area contributed by atoms with Crippen molar-refractivity contribution in [3.63, 3.8) is 0 Å². The van der Waals surface area contributed by atoms with Crippen LogP contribution in [0.4, 0.5) is 0 Å². The van der Waals surface area contributed by atoms with Gasteiger partial charge in [0.25, 0.3) is 5.91 Å². The second-order valence-corrected chi connectivity index (χ2v) is 4.35. The molecule has 84 valence electrons. The molecular weight excluding hydrogens is 204 g/mol. The van der Waals surface area contributed by atoms with Crippen molar-refractivity contribution in [2.75, 3.05) is 7.05 Å². The Balaban J connectivity index is 2.51. The van der Waals surface area contributed by atoms with Crippen LogP contribution in [-0.2, 0) is 11.2 Å². The number of pyridine rings is 1. The largest absolute Gasteiger partial charge is 0.281 e. The predicted octanol–water partition coefficient (Wildman–Crippen LogP) is 1.36. The first-order valence-electron chi connectivity index (χ1n) is 5.30. The zero-order valence-corrected chi connectivity index (χ0v) is 9.65. The Labute approximate surface area is 94.3 Å². The molecule has 4 nitrogen and oxygen atoms in total. The summed E-state index contributed by atoms with van der Waals surface area (Å²) in [4.78, 5) is 28.7.